The first-order valence-electron chi connectivity index (χ1n) is 5.20. The van der Waals surface area contributed by atoms with Gasteiger partial charge in [0.05, 0.1) is 12.2 Å². The SMILES string of the molecule is BrCCC1OCC2(CCCCC2)O1. The fourth-order valence-corrected chi connectivity index (χ4v) is 2.66. The molecule has 3 heteroatoms. The summed E-state index contributed by atoms with van der Waals surface area (Å²) in [6.07, 6.45) is 7.42. The largest absolute Gasteiger partial charge is 0.350 e. The Morgan fingerprint density at radius 3 is 2.69 bits per heavy atom. The van der Waals surface area contributed by atoms with Crippen LogP contribution in [0.15, 0.2) is 0 Å². The number of alkyl halides is 1. The molecule has 1 aliphatic heterocycles. The van der Waals surface area contributed by atoms with E-state index in [1.807, 2.05) is 0 Å². The van der Waals surface area contributed by atoms with Gasteiger partial charge in [0.25, 0.3) is 0 Å². The fraction of sp³-hybridized carbons (Fsp3) is 1.00. The highest BCUT2D eigenvalue weighted by Crippen LogP contribution is 2.37. The van der Waals surface area contributed by atoms with E-state index in [0.717, 1.165) is 18.4 Å². The van der Waals surface area contributed by atoms with Crippen molar-refractivity contribution in [3.63, 3.8) is 0 Å². The first-order chi connectivity index (χ1) is 6.35. The fourth-order valence-electron chi connectivity index (χ4n) is 2.28. The minimum atomic E-state index is 0.0532. The summed E-state index contributed by atoms with van der Waals surface area (Å²) in [4.78, 5) is 0. The number of hydrogen-bond donors (Lipinski definition) is 0. The Hall–Kier alpha value is 0.400. The standard InChI is InChI=1S/C10H17BrO2/c11-7-4-9-12-8-10(13-9)5-2-1-3-6-10/h9H,1-8H2. The van der Waals surface area contributed by atoms with Gasteiger partial charge in [-0.15, -0.1) is 0 Å². The number of halogens is 1. The predicted molar refractivity (Wildman–Crippen MR) is 55.1 cm³/mol. The summed E-state index contributed by atoms with van der Waals surface area (Å²) in [5.74, 6) is 0. The molecule has 1 heterocycles. The van der Waals surface area contributed by atoms with E-state index in [-0.39, 0.29) is 11.9 Å². The normalized spacial score (nSPS) is 32.5. The number of rotatable bonds is 2. The molecule has 0 aromatic rings. The molecule has 0 aromatic heterocycles. The summed E-state index contributed by atoms with van der Waals surface area (Å²) in [5.41, 5.74) is 0.102. The lowest BCUT2D eigenvalue weighted by atomic mass is 9.86. The van der Waals surface area contributed by atoms with Crippen LogP contribution >= 0.6 is 15.9 Å². The molecule has 2 nitrogen and oxygen atoms in total. The first kappa shape index (κ1) is 9.94. The minimum Gasteiger partial charge on any atom is -0.350 e. The van der Waals surface area contributed by atoms with Crippen LogP contribution in [0.2, 0.25) is 0 Å². The van der Waals surface area contributed by atoms with Gasteiger partial charge in [0.1, 0.15) is 0 Å². The van der Waals surface area contributed by atoms with Gasteiger partial charge in [0, 0.05) is 11.8 Å². The molecule has 1 spiro atoms. The summed E-state index contributed by atoms with van der Waals surface area (Å²) >= 11 is 3.41. The Bertz CT molecular complexity index is 166. The van der Waals surface area contributed by atoms with Gasteiger partial charge in [-0.2, -0.15) is 0 Å². The van der Waals surface area contributed by atoms with Crippen LogP contribution in [0.1, 0.15) is 38.5 Å². The number of ether oxygens (including phenoxy) is 2. The molecule has 13 heavy (non-hydrogen) atoms. The lowest BCUT2D eigenvalue weighted by Crippen LogP contribution is -2.34. The molecule has 1 unspecified atom stereocenters. The molecular weight excluding hydrogens is 232 g/mol. The predicted octanol–water partition coefficient (Wildman–Crippen LogP) is 2.85. The molecule has 0 N–H and O–H groups in total. The quantitative estimate of drug-likeness (QED) is 0.700. The lowest BCUT2D eigenvalue weighted by molar-refractivity contribution is -0.0997. The Morgan fingerprint density at radius 2 is 2.00 bits per heavy atom. The van der Waals surface area contributed by atoms with Crippen LogP contribution in [-0.2, 0) is 9.47 Å². The summed E-state index contributed by atoms with van der Waals surface area (Å²) in [6, 6.07) is 0. The molecule has 0 bridgehead atoms. The third kappa shape index (κ3) is 2.25. The Kier molecular flexibility index (Phi) is 3.27. The summed E-state index contributed by atoms with van der Waals surface area (Å²) in [5, 5.41) is 0.966. The van der Waals surface area contributed by atoms with Gasteiger partial charge in [-0.05, 0) is 12.8 Å². The molecule has 1 aliphatic carbocycles. The topological polar surface area (TPSA) is 18.5 Å². The monoisotopic (exact) mass is 248 g/mol. The van der Waals surface area contributed by atoms with E-state index in [4.69, 9.17) is 9.47 Å². The zero-order valence-corrected chi connectivity index (χ0v) is 9.51. The van der Waals surface area contributed by atoms with Crippen molar-refractivity contribution < 1.29 is 9.47 Å². The maximum Gasteiger partial charge on any atom is 0.159 e. The molecular formula is C10H17BrO2. The van der Waals surface area contributed by atoms with Crippen molar-refractivity contribution >= 4 is 15.9 Å². The van der Waals surface area contributed by atoms with E-state index in [1.54, 1.807) is 0 Å². The molecule has 2 rings (SSSR count). The van der Waals surface area contributed by atoms with Gasteiger partial charge in [-0.1, -0.05) is 35.2 Å². The van der Waals surface area contributed by atoms with Crippen molar-refractivity contribution in [1.82, 2.24) is 0 Å². The average Bonchev–Trinajstić information content (AvgIpc) is 2.51. The zero-order chi connectivity index (χ0) is 9.15. The maximum atomic E-state index is 5.98. The minimum absolute atomic E-state index is 0.0532. The molecule has 2 fully saturated rings. The highest BCUT2D eigenvalue weighted by Gasteiger charge is 2.41. The first-order valence-corrected chi connectivity index (χ1v) is 6.32. The molecule has 2 aliphatic rings. The molecule has 1 saturated heterocycles. The van der Waals surface area contributed by atoms with Crippen LogP contribution in [0.4, 0.5) is 0 Å². The van der Waals surface area contributed by atoms with Gasteiger partial charge < -0.3 is 9.47 Å². The van der Waals surface area contributed by atoms with E-state index < -0.39 is 0 Å². The van der Waals surface area contributed by atoms with Crippen molar-refractivity contribution in [2.45, 2.75) is 50.4 Å². The van der Waals surface area contributed by atoms with Gasteiger partial charge in [0.15, 0.2) is 6.29 Å². The van der Waals surface area contributed by atoms with Crippen LogP contribution in [0, 0.1) is 0 Å². The van der Waals surface area contributed by atoms with Crippen LogP contribution in [0.3, 0.4) is 0 Å². The number of hydrogen-bond acceptors (Lipinski definition) is 2. The highest BCUT2D eigenvalue weighted by molar-refractivity contribution is 9.09. The van der Waals surface area contributed by atoms with E-state index in [1.165, 1.54) is 32.1 Å². The summed E-state index contributed by atoms with van der Waals surface area (Å²) in [7, 11) is 0. The lowest BCUT2D eigenvalue weighted by Gasteiger charge is -2.31. The maximum absolute atomic E-state index is 5.98. The summed E-state index contributed by atoms with van der Waals surface area (Å²) in [6.45, 7) is 0.824. The molecule has 1 atom stereocenters. The Morgan fingerprint density at radius 1 is 1.23 bits per heavy atom. The van der Waals surface area contributed by atoms with Crippen LogP contribution < -0.4 is 0 Å². The third-order valence-corrected chi connectivity index (χ3v) is 3.48. The van der Waals surface area contributed by atoms with E-state index in [2.05, 4.69) is 15.9 Å². The smallest absolute Gasteiger partial charge is 0.159 e. The van der Waals surface area contributed by atoms with Gasteiger partial charge in [-0.3, -0.25) is 0 Å². The second-order valence-electron chi connectivity index (χ2n) is 4.08. The van der Waals surface area contributed by atoms with E-state index in [0.29, 0.717) is 0 Å². The van der Waals surface area contributed by atoms with Crippen molar-refractivity contribution in [2.75, 3.05) is 11.9 Å². The second kappa shape index (κ2) is 4.28. The van der Waals surface area contributed by atoms with E-state index in [9.17, 15) is 0 Å². The van der Waals surface area contributed by atoms with Crippen molar-refractivity contribution in [3.05, 3.63) is 0 Å². The molecule has 76 valence electrons. The van der Waals surface area contributed by atoms with Crippen LogP contribution in [-0.4, -0.2) is 23.8 Å². The van der Waals surface area contributed by atoms with Gasteiger partial charge >= 0.3 is 0 Å². The van der Waals surface area contributed by atoms with Crippen molar-refractivity contribution in [1.29, 1.82) is 0 Å². The van der Waals surface area contributed by atoms with Crippen LogP contribution in [0.5, 0.6) is 0 Å². The average molecular weight is 249 g/mol. The molecule has 0 amide bonds. The van der Waals surface area contributed by atoms with Gasteiger partial charge in [0.2, 0.25) is 0 Å². The van der Waals surface area contributed by atoms with Crippen LogP contribution in [0.25, 0.3) is 0 Å². The molecule has 1 saturated carbocycles. The third-order valence-electron chi connectivity index (χ3n) is 3.02. The molecule has 0 aromatic carbocycles. The highest BCUT2D eigenvalue weighted by atomic mass is 79.9. The Balaban J connectivity index is 1.87. The van der Waals surface area contributed by atoms with Crippen molar-refractivity contribution in [3.8, 4) is 0 Å². The van der Waals surface area contributed by atoms with Crippen molar-refractivity contribution in [2.24, 2.45) is 0 Å². The zero-order valence-electron chi connectivity index (χ0n) is 7.93. The molecule has 0 radical (unpaired) electrons. The summed E-state index contributed by atoms with van der Waals surface area (Å²) < 4.78 is 11.6. The second-order valence-corrected chi connectivity index (χ2v) is 4.87. The Labute approximate surface area is 88.1 Å². The van der Waals surface area contributed by atoms with Gasteiger partial charge in [-0.25, -0.2) is 0 Å². The van der Waals surface area contributed by atoms with E-state index >= 15 is 0 Å².